The summed E-state index contributed by atoms with van der Waals surface area (Å²) in [5.41, 5.74) is 4.67. The predicted molar refractivity (Wildman–Crippen MR) is 86.8 cm³/mol. The number of hydrogen-bond donors (Lipinski definition) is 2. The minimum atomic E-state index is -0.808. The molecule has 136 valence electrons. The summed E-state index contributed by atoms with van der Waals surface area (Å²) in [5, 5.41) is 2.72. The van der Waals surface area contributed by atoms with E-state index >= 15 is 0 Å². The summed E-state index contributed by atoms with van der Waals surface area (Å²) in [6, 6.07) is 2.63. The zero-order chi connectivity index (χ0) is 18.0. The van der Waals surface area contributed by atoms with Crippen LogP contribution in [0.4, 0.5) is 14.5 Å². The Morgan fingerprint density at radius 3 is 2.56 bits per heavy atom. The molecule has 2 aliphatic rings. The molecule has 3 N–H and O–H groups in total. The van der Waals surface area contributed by atoms with Crippen molar-refractivity contribution >= 4 is 17.5 Å². The molecule has 0 aromatic heterocycles. The van der Waals surface area contributed by atoms with E-state index in [9.17, 15) is 18.4 Å². The molecule has 0 aliphatic carbocycles. The maximum Gasteiger partial charge on any atom is 0.249 e. The van der Waals surface area contributed by atoms with Gasteiger partial charge in [-0.2, -0.15) is 0 Å². The van der Waals surface area contributed by atoms with Crippen molar-refractivity contribution in [2.45, 2.75) is 25.3 Å². The van der Waals surface area contributed by atoms with Crippen LogP contribution in [-0.2, 0) is 14.3 Å². The molecule has 8 heteroatoms. The number of carbonyl (C=O) groups excluding carboxylic acids is 2. The van der Waals surface area contributed by atoms with Crippen LogP contribution in [0.2, 0.25) is 0 Å². The maximum atomic E-state index is 13.9. The fourth-order valence-corrected chi connectivity index (χ4v) is 3.38. The van der Waals surface area contributed by atoms with Gasteiger partial charge in [-0.05, 0) is 31.4 Å². The molecular formula is C17H21F2N3O3. The topological polar surface area (TPSA) is 84.7 Å². The van der Waals surface area contributed by atoms with Crippen LogP contribution in [0.25, 0.3) is 0 Å². The number of rotatable bonds is 4. The minimum Gasteiger partial charge on any atom is -0.381 e. The zero-order valence-electron chi connectivity index (χ0n) is 13.8. The van der Waals surface area contributed by atoms with Crippen molar-refractivity contribution < 1.29 is 23.1 Å². The molecule has 2 fully saturated rings. The van der Waals surface area contributed by atoms with E-state index in [4.69, 9.17) is 10.5 Å². The number of hydrogen-bond acceptors (Lipinski definition) is 4. The summed E-state index contributed by atoms with van der Waals surface area (Å²) in [5.74, 6) is -2.42. The molecule has 2 aliphatic heterocycles. The molecule has 1 aromatic carbocycles. The van der Waals surface area contributed by atoms with Gasteiger partial charge >= 0.3 is 0 Å². The third kappa shape index (κ3) is 3.23. The standard InChI is InChI=1S/C17H21F2N3O3/c18-11-2-1-3-12(19)14(11)22-7-4-13(15(22)23)21-16(24)17(10-20)5-8-25-9-6-17/h1-3,13H,4-10,20H2,(H,21,24). The van der Waals surface area contributed by atoms with E-state index in [0.717, 1.165) is 17.0 Å². The Morgan fingerprint density at radius 2 is 1.96 bits per heavy atom. The average Bonchev–Trinajstić information content (AvgIpc) is 2.96. The number of halogens is 2. The summed E-state index contributed by atoms with van der Waals surface area (Å²) in [6.45, 7) is 1.18. The van der Waals surface area contributed by atoms with Gasteiger partial charge in [-0.3, -0.25) is 9.59 Å². The van der Waals surface area contributed by atoms with Crippen LogP contribution in [0.3, 0.4) is 0 Å². The fourth-order valence-electron chi connectivity index (χ4n) is 3.38. The van der Waals surface area contributed by atoms with Crippen LogP contribution in [0.5, 0.6) is 0 Å². The Kier molecular flexibility index (Phi) is 5.01. The van der Waals surface area contributed by atoms with Crippen LogP contribution in [0.1, 0.15) is 19.3 Å². The summed E-state index contributed by atoms with van der Waals surface area (Å²) < 4.78 is 33.1. The summed E-state index contributed by atoms with van der Waals surface area (Å²) in [4.78, 5) is 26.3. The summed E-state index contributed by atoms with van der Waals surface area (Å²) in [7, 11) is 0. The van der Waals surface area contributed by atoms with E-state index in [0.29, 0.717) is 26.1 Å². The second-order valence-electron chi connectivity index (χ2n) is 6.47. The van der Waals surface area contributed by atoms with Crippen molar-refractivity contribution in [2.75, 3.05) is 31.2 Å². The first-order valence-electron chi connectivity index (χ1n) is 8.33. The molecule has 1 unspecified atom stereocenters. The molecule has 2 saturated heterocycles. The van der Waals surface area contributed by atoms with Gasteiger partial charge in [0.2, 0.25) is 11.8 Å². The molecule has 1 aromatic rings. The second kappa shape index (κ2) is 7.05. The first-order valence-corrected chi connectivity index (χ1v) is 8.33. The number of nitrogens with one attached hydrogen (secondary N) is 1. The highest BCUT2D eigenvalue weighted by atomic mass is 19.1. The number of nitrogens with zero attached hydrogens (tertiary/aromatic N) is 1. The summed E-state index contributed by atoms with van der Waals surface area (Å²) in [6.07, 6.45) is 1.26. The van der Waals surface area contributed by atoms with Crippen LogP contribution < -0.4 is 16.0 Å². The average molecular weight is 353 g/mol. The van der Waals surface area contributed by atoms with Gasteiger partial charge in [0.15, 0.2) is 0 Å². The van der Waals surface area contributed by atoms with Crippen LogP contribution in [0.15, 0.2) is 18.2 Å². The Morgan fingerprint density at radius 1 is 1.32 bits per heavy atom. The van der Waals surface area contributed by atoms with E-state index in [1.165, 1.54) is 6.07 Å². The van der Waals surface area contributed by atoms with Gasteiger partial charge in [0.25, 0.3) is 0 Å². The van der Waals surface area contributed by atoms with Crippen LogP contribution >= 0.6 is 0 Å². The van der Waals surface area contributed by atoms with Crippen molar-refractivity contribution in [1.29, 1.82) is 0 Å². The van der Waals surface area contributed by atoms with E-state index in [2.05, 4.69) is 5.32 Å². The lowest BCUT2D eigenvalue weighted by atomic mass is 9.79. The largest absolute Gasteiger partial charge is 0.381 e. The lowest BCUT2D eigenvalue weighted by molar-refractivity contribution is -0.138. The number of ether oxygens (including phenoxy) is 1. The van der Waals surface area contributed by atoms with Gasteiger partial charge in [0, 0.05) is 26.3 Å². The molecule has 2 heterocycles. The number of amides is 2. The Labute approximate surface area is 144 Å². The van der Waals surface area contributed by atoms with Crippen molar-refractivity contribution in [3.63, 3.8) is 0 Å². The van der Waals surface area contributed by atoms with Gasteiger partial charge in [-0.15, -0.1) is 0 Å². The van der Waals surface area contributed by atoms with Crippen molar-refractivity contribution in [2.24, 2.45) is 11.1 Å². The number of benzene rings is 1. The first-order chi connectivity index (χ1) is 12.0. The zero-order valence-corrected chi connectivity index (χ0v) is 13.8. The quantitative estimate of drug-likeness (QED) is 0.844. The van der Waals surface area contributed by atoms with Crippen molar-refractivity contribution in [3.05, 3.63) is 29.8 Å². The number of anilines is 1. The molecule has 0 spiro atoms. The Hall–Kier alpha value is -2.06. The molecular weight excluding hydrogens is 332 g/mol. The van der Waals surface area contributed by atoms with E-state index in [-0.39, 0.29) is 31.1 Å². The lowest BCUT2D eigenvalue weighted by Gasteiger charge is -2.35. The molecule has 0 saturated carbocycles. The van der Waals surface area contributed by atoms with E-state index in [1.54, 1.807) is 0 Å². The molecule has 6 nitrogen and oxygen atoms in total. The van der Waals surface area contributed by atoms with Crippen molar-refractivity contribution in [1.82, 2.24) is 5.32 Å². The molecule has 0 radical (unpaired) electrons. The van der Waals surface area contributed by atoms with Crippen LogP contribution in [0, 0.1) is 17.0 Å². The summed E-state index contributed by atoms with van der Waals surface area (Å²) >= 11 is 0. The highest BCUT2D eigenvalue weighted by molar-refractivity contribution is 6.02. The first kappa shape index (κ1) is 17.8. The lowest BCUT2D eigenvalue weighted by Crippen LogP contribution is -2.53. The highest BCUT2D eigenvalue weighted by Gasteiger charge is 2.43. The van der Waals surface area contributed by atoms with Gasteiger partial charge < -0.3 is 20.7 Å². The third-order valence-corrected chi connectivity index (χ3v) is 5.04. The number of carbonyl (C=O) groups is 2. The second-order valence-corrected chi connectivity index (χ2v) is 6.47. The molecule has 25 heavy (non-hydrogen) atoms. The molecule has 1 atom stereocenters. The van der Waals surface area contributed by atoms with E-state index < -0.39 is 29.0 Å². The van der Waals surface area contributed by atoms with E-state index in [1.807, 2.05) is 0 Å². The third-order valence-electron chi connectivity index (χ3n) is 5.04. The molecule has 3 rings (SSSR count). The Balaban J connectivity index is 1.73. The Bertz CT molecular complexity index is 657. The monoisotopic (exact) mass is 353 g/mol. The fraction of sp³-hybridized carbons (Fsp3) is 0.529. The SMILES string of the molecule is NCC1(C(=O)NC2CCN(c3c(F)cccc3F)C2=O)CCOCC1. The van der Waals surface area contributed by atoms with Gasteiger partial charge in [0.1, 0.15) is 23.4 Å². The van der Waals surface area contributed by atoms with Crippen LogP contribution in [-0.4, -0.2) is 44.2 Å². The molecule has 0 bridgehead atoms. The number of para-hydroxylation sites is 1. The van der Waals surface area contributed by atoms with Crippen molar-refractivity contribution in [3.8, 4) is 0 Å². The van der Waals surface area contributed by atoms with Gasteiger partial charge in [0.05, 0.1) is 5.41 Å². The smallest absolute Gasteiger partial charge is 0.249 e. The number of nitrogens with two attached hydrogens (primary N) is 1. The minimum absolute atomic E-state index is 0.139. The normalized spacial score (nSPS) is 22.9. The molecule has 2 amide bonds. The highest BCUT2D eigenvalue weighted by Crippen LogP contribution is 2.31. The van der Waals surface area contributed by atoms with Gasteiger partial charge in [-0.1, -0.05) is 6.07 Å². The predicted octanol–water partition coefficient (Wildman–Crippen LogP) is 0.942. The maximum absolute atomic E-state index is 13.9. The van der Waals surface area contributed by atoms with Gasteiger partial charge in [-0.25, -0.2) is 8.78 Å².